The molecule has 0 radical (unpaired) electrons. The van der Waals surface area contributed by atoms with E-state index in [0.29, 0.717) is 13.1 Å². The molecule has 8 heteroatoms. The van der Waals surface area contributed by atoms with Gasteiger partial charge in [0.2, 0.25) is 10.0 Å². The maximum atomic E-state index is 12.8. The second-order valence-electron chi connectivity index (χ2n) is 6.12. The van der Waals surface area contributed by atoms with Crippen LogP contribution in [0, 0.1) is 0 Å². The van der Waals surface area contributed by atoms with Gasteiger partial charge in [0, 0.05) is 37.1 Å². The Morgan fingerprint density at radius 1 is 1.12 bits per heavy atom. The summed E-state index contributed by atoms with van der Waals surface area (Å²) >= 11 is 13.9. The monoisotopic (exact) mass is 402 g/mol. The first-order valence-corrected chi connectivity index (χ1v) is 10.8. The van der Waals surface area contributed by atoms with Crippen molar-refractivity contribution >= 4 is 44.6 Å². The number of nitrogens with zero attached hydrogens (tertiary/aromatic N) is 2. The molecule has 3 heterocycles. The lowest BCUT2D eigenvalue weighted by molar-refractivity contribution is 0.0775. The van der Waals surface area contributed by atoms with Gasteiger partial charge < -0.3 is 0 Å². The van der Waals surface area contributed by atoms with Crippen LogP contribution in [-0.2, 0) is 23.0 Å². The lowest BCUT2D eigenvalue weighted by Gasteiger charge is -2.45. The summed E-state index contributed by atoms with van der Waals surface area (Å²) < 4.78 is 27.0. The van der Waals surface area contributed by atoms with Crippen molar-refractivity contribution in [2.75, 3.05) is 19.6 Å². The van der Waals surface area contributed by atoms with Gasteiger partial charge in [0.15, 0.2) is 0 Å². The molecule has 1 aromatic carbocycles. The molecule has 4 rings (SSSR count). The van der Waals surface area contributed by atoms with Crippen LogP contribution in [0.1, 0.15) is 10.4 Å². The summed E-state index contributed by atoms with van der Waals surface area (Å²) in [6.07, 6.45) is 1.05. The molecule has 0 saturated carbocycles. The van der Waals surface area contributed by atoms with E-state index < -0.39 is 10.0 Å². The Morgan fingerprint density at radius 3 is 2.54 bits per heavy atom. The van der Waals surface area contributed by atoms with E-state index in [9.17, 15) is 8.42 Å². The van der Waals surface area contributed by atoms with Crippen LogP contribution in [0.15, 0.2) is 34.5 Å². The average Bonchev–Trinajstić information content (AvgIpc) is 2.92. The summed E-state index contributed by atoms with van der Waals surface area (Å²) in [5.74, 6) is 0. The molecule has 0 bridgehead atoms. The topological polar surface area (TPSA) is 40.6 Å². The summed E-state index contributed by atoms with van der Waals surface area (Å²) in [4.78, 5) is 3.85. The summed E-state index contributed by atoms with van der Waals surface area (Å²) in [5.41, 5.74) is 1.38. The molecule has 2 aromatic rings. The highest BCUT2D eigenvalue weighted by Crippen LogP contribution is 2.35. The van der Waals surface area contributed by atoms with E-state index in [1.54, 1.807) is 18.2 Å². The highest BCUT2D eigenvalue weighted by molar-refractivity contribution is 7.89. The van der Waals surface area contributed by atoms with E-state index in [4.69, 9.17) is 23.2 Å². The maximum Gasteiger partial charge on any atom is 0.246 e. The highest BCUT2D eigenvalue weighted by Gasteiger charge is 2.41. The second-order valence-corrected chi connectivity index (χ2v) is 9.81. The van der Waals surface area contributed by atoms with Crippen molar-refractivity contribution in [1.29, 1.82) is 0 Å². The van der Waals surface area contributed by atoms with Crippen LogP contribution in [0.25, 0.3) is 0 Å². The number of benzene rings is 1. The Labute approximate surface area is 155 Å². The van der Waals surface area contributed by atoms with Gasteiger partial charge in [-0.2, -0.15) is 4.31 Å². The molecule has 0 atom stereocenters. The first-order valence-electron chi connectivity index (χ1n) is 7.70. The fourth-order valence-corrected chi connectivity index (χ4v) is 6.78. The number of fused-ring (bicyclic) bond motifs is 1. The molecule has 24 heavy (non-hydrogen) atoms. The molecule has 0 aliphatic carbocycles. The standard InChI is InChI=1S/C16H16Cl2N2O2S2/c17-13-2-1-3-14(18)16(13)24(21,22)20-9-12(10-20)19-6-4-15-11(8-19)5-7-23-15/h1-3,5,7,12H,4,6,8-10H2. The number of thiophene rings is 1. The lowest BCUT2D eigenvalue weighted by Crippen LogP contribution is -2.61. The van der Waals surface area contributed by atoms with E-state index in [1.165, 1.54) is 14.7 Å². The van der Waals surface area contributed by atoms with E-state index in [1.807, 2.05) is 11.3 Å². The van der Waals surface area contributed by atoms with Crippen LogP contribution >= 0.6 is 34.5 Å². The second kappa shape index (κ2) is 6.27. The van der Waals surface area contributed by atoms with Crippen LogP contribution in [0.4, 0.5) is 0 Å². The Hall–Kier alpha value is -0.630. The van der Waals surface area contributed by atoms with Crippen molar-refractivity contribution in [2.24, 2.45) is 0 Å². The number of hydrogen-bond donors (Lipinski definition) is 0. The van der Waals surface area contributed by atoms with Gasteiger partial charge >= 0.3 is 0 Å². The molecular formula is C16H16Cl2N2O2S2. The zero-order valence-electron chi connectivity index (χ0n) is 12.8. The van der Waals surface area contributed by atoms with E-state index >= 15 is 0 Å². The lowest BCUT2D eigenvalue weighted by atomic mass is 10.0. The van der Waals surface area contributed by atoms with Gasteiger partial charge in [-0.15, -0.1) is 11.3 Å². The van der Waals surface area contributed by atoms with Crippen LogP contribution in [0.5, 0.6) is 0 Å². The third kappa shape index (κ3) is 2.79. The largest absolute Gasteiger partial charge is 0.293 e. The SMILES string of the molecule is O=S(=O)(c1c(Cl)cccc1Cl)N1CC(N2CCc3sccc3C2)C1. The molecule has 1 fully saturated rings. The van der Waals surface area contributed by atoms with Crippen molar-refractivity contribution in [3.63, 3.8) is 0 Å². The predicted molar refractivity (Wildman–Crippen MR) is 97.4 cm³/mol. The Morgan fingerprint density at radius 2 is 1.83 bits per heavy atom. The van der Waals surface area contributed by atoms with Crippen molar-refractivity contribution in [3.8, 4) is 0 Å². The van der Waals surface area contributed by atoms with E-state index in [2.05, 4.69) is 16.3 Å². The quantitative estimate of drug-likeness (QED) is 0.788. The zero-order valence-corrected chi connectivity index (χ0v) is 15.9. The minimum Gasteiger partial charge on any atom is -0.293 e. The van der Waals surface area contributed by atoms with Crippen LogP contribution in [0.3, 0.4) is 0 Å². The Balaban J connectivity index is 1.48. The minimum atomic E-state index is -3.64. The van der Waals surface area contributed by atoms with Crippen molar-refractivity contribution in [2.45, 2.75) is 23.9 Å². The smallest absolute Gasteiger partial charge is 0.246 e. The van der Waals surface area contributed by atoms with Gasteiger partial charge in [0.1, 0.15) is 4.90 Å². The zero-order chi connectivity index (χ0) is 16.9. The molecule has 0 amide bonds. The molecule has 0 spiro atoms. The molecule has 2 aliphatic rings. The number of sulfonamides is 1. The first kappa shape index (κ1) is 16.8. The normalized spacial score (nSPS) is 19.9. The average molecular weight is 403 g/mol. The predicted octanol–water partition coefficient (Wildman–Crippen LogP) is 3.49. The van der Waals surface area contributed by atoms with Crippen LogP contribution < -0.4 is 0 Å². The van der Waals surface area contributed by atoms with E-state index in [0.717, 1.165) is 19.5 Å². The summed E-state index contributed by atoms with van der Waals surface area (Å²) in [7, 11) is -3.64. The fourth-order valence-electron chi connectivity index (χ4n) is 3.28. The minimum absolute atomic E-state index is 0.0190. The number of rotatable bonds is 3. The van der Waals surface area contributed by atoms with Crippen LogP contribution in [0.2, 0.25) is 10.0 Å². The van der Waals surface area contributed by atoms with Crippen molar-refractivity contribution < 1.29 is 8.42 Å². The van der Waals surface area contributed by atoms with Gasteiger partial charge in [-0.05, 0) is 35.6 Å². The molecule has 0 N–H and O–H groups in total. The summed E-state index contributed by atoms with van der Waals surface area (Å²) in [6.45, 7) is 2.87. The maximum absolute atomic E-state index is 12.8. The first-order chi connectivity index (χ1) is 11.5. The highest BCUT2D eigenvalue weighted by atomic mass is 35.5. The number of hydrogen-bond acceptors (Lipinski definition) is 4. The molecule has 128 valence electrons. The Kier molecular flexibility index (Phi) is 4.39. The summed E-state index contributed by atoms with van der Waals surface area (Å²) in [5, 5.41) is 2.48. The van der Waals surface area contributed by atoms with Gasteiger partial charge in [-0.25, -0.2) is 8.42 Å². The molecule has 1 saturated heterocycles. The molecular weight excluding hydrogens is 387 g/mol. The molecule has 4 nitrogen and oxygen atoms in total. The Bertz CT molecular complexity index is 856. The van der Waals surface area contributed by atoms with Crippen molar-refractivity contribution in [1.82, 2.24) is 9.21 Å². The molecule has 1 aromatic heterocycles. The van der Waals surface area contributed by atoms with Gasteiger partial charge in [-0.1, -0.05) is 29.3 Å². The van der Waals surface area contributed by atoms with Crippen molar-refractivity contribution in [3.05, 3.63) is 50.1 Å². The van der Waals surface area contributed by atoms with Crippen LogP contribution in [-0.4, -0.2) is 43.3 Å². The third-order valence-electron chi connectivity index (χ3n) is 4.70. The third-order valence-corrected chi connectivity index (χ3v) is 8.51. The van der Waals surface area contributed by atoms with Gasteiger partial charge in [0.05, 0.1) is 10.0 Å². The van der Waals surface area contributed by atoms with Gasteiger partial charge in [-0.3, -0.25) is 4.90 Å². The van der Waals surface area contributed by atoms with E-state index in [-0.39, 0.29) is 21.0 Å². The number of halogens is 2. The van der Waals surface area contributed by atoms with Gasteiger partial charge in [0.25, 0.3) is 0 Å². The summed E-state index contributed by atoms with van der Waals surface area (Å²) in [6, 6.07) is 7.19. The fraction of sp³-hybridized carbons (Fsp3) is 0.375. The molecule has 2 aliphatic heterocycles. The molecule has 0 unspecified atom stereocenters.